The zero-order chi connectivity index (χ0) is 10.7. The highest BCUT2D eigenvalue weighted by atomic mass is 35.5. The Balaban J connectivity index is 0.00000128. The largest absolute Gasteiger partial charge is 0.465 e. The van der Waals surface area contributed by atoms with Crippen LogP contribution in [0.4, 0.5) is 0 Å². The lowest BCUT2D eigenvalue weighted by molar-refractivity contribution is 0.0600. The minimum atomic E-state index is -0.261. The van der Waals surface area contributed by atoms with E-state index in [1.165, 1.54) is 12.7 Å². The molecule has 1 N–H and O–H groups in total. The average molecular weight is 242 g/mol. The lowest BCUT2D eigenvalue weighted by Crippen LogP contribution is -2.08. The fourth-order valence-electron chi connectivity index (χ4n) is 1.98. The molecule has 0 amide bonds. The molecule has 1 heterocycles. The number of hydrogen-bond donors (Lipinski definition) is 1. The fourth-order valence-corrected chi connectivity index (χ4v) is 1.98. The van der Waals surface area contributed by atoms with Crippen LogP contribution in [0.1, 0.15) is 28.3 Å². The Kier molecular flexibility index (Phi) is 4.77. The number of rotatable bonds is 2. The molecule has 1 atom stereocenters. The minimum Gasteiger partial charge on any atom is -0.465 e. The molecule has 1 aromatic rings. The number of halogens is 1. The second-order valence-electron chi connectivity index (χ2n) is 3.81. The number of carbonyl (C=O) groups excluding carboxylic acids is 1. The van der Waals surface area contributed by atoms with Gasteiger partial charge in [0.05, 0.1) is 12.7 Å². The van der Waals surface area contributed by atoms with Crippen molar-refractivity contribution in [1.29, 1.82) is 0 Å². The highest BCUT2D eigenvalue weighted by Crippen LogP contribution is 2.23. The molecule has 1 aliphatic rings. The van der Waals surface area contributed by atoms with Crippen LogP contribution in [0.25, 0.3) is 0 Å². The SMILES string of the molecule is COC(=O)c1cccc([C@H]2CCNC2)c1.Cl. The molecule has 1 fully saturated rings. The molecular weight excluding hydrogens is 226 g/mol. The molecule has 1 aliphatic heterocycles. The Morgan fingerprint density at radius 1 is 1.50 bits per heavy atom. The van der Waals surface area contributed by atoms with Crippen LogP contribution in [0.15, 0.2) is 24.3 Å². The normalized spacial score (nSPS) is 18.9. The highest BCUT2D eigenvalue weighted by Gasteiger charge is 2.17. The van der Waals surface area contributed by atoms with Gasteiger partial charge in [0.2, 0.25) is 0 Å². The van der Waals surface area contributed by atoms with Crippen LogP contribution in [0.3, 0.4) is 0 Å². The molecule has 1 aromatic carbocycles. The molecule has 4 heteroatoms. The van der Waals surface area contributed by atoms with E-state index in [-0.39, 0.29) is 18.4 Å². The summed E-state index contributed by atoms with van der Waals surface area (Å²) in [5.41, 5.74) is 1.87. The Hall–Kier alpha value is -1.06. The van der Waals surface area contributed by atoms with Gasteiger partial charge in [0.25, 0.3) is 0 Å². The summed E-state index contributed by atoms with van der Waals surface area (Å²) in [6.07, 6.45) is 1.14. The summed E-state index contributed by atoms with van der Waals surface area (Å²) in [4.78, 5) is 11.3. The second kappa shape index (κ2) is 5.87. The van der Waals surface area contributed by atoms with Crippen LogP contribution in [-0.2, 0) is 4.74 Å². The predicted molar refractivity (Wildman–Crippen MR) is 65.3 cm³/mol. The lowest BCUT2D eigenvalue weighted by Gasteiger charge is -2.09. The van der Waals surface area contributed by atoms with Crippen LogP contribution >= 0.6 is 12.4 Å². The predicted octanol–water partition coefficient (Wildman–Crippen LogP) is 1.97. The third-order valence-electron chi connectivity index (χ3n) is 2.84. The maximum atomic E-state index is 11.3. The van der Waals surface area contributed by atoms with Crippen molar-refractivity contribution in [3.05, 3.63) is 35.4 Å². The first-order valence-corrected chi connectivity index (χ1v) is 5.20. The topological polar surface area (TPSA) is 38.3 Å². The number of methoxy groups -OCH3 is 1. The van der Waals surface area contributed by atoms with Crippen molar-refractivity contribution in [1.82, 2.24) is 5.32 Å². The molecule has 0 spiro atoms. The second-order valence-corrected chi connectivity index (χ2v) is 3.81. The summed E-state index contributed by atoms with van der Waals surface area (Å²) < 4.78 is 4.70. The first-order chi connectivity index (χ1) is 7.31. The number of nitrogens with one attached hydrogen (secondary N) is 1. The van der Waals surface area contributed by atoms with Crippen molar-refractivity contribution < 1.29 is 9.53 Å². The monoisotopic (exact) mass is 241 g/mol. The van der Waals surface area contributed by atoms with E-state index in [0.29, 0.717) is 11.5 Å². The first-order valence-electron chi connectivity index (χ1n) is 5.20. The maximum Gasteiger partial charge on any atom is 0.337 e. The molecule has 88 valence electrons. The molecule has 0 aliphatic carbocycles. The summed E-state index contributed by atoms with van der Waals surface area (Å²) >= 11 is 0. The van der Waals surface area contributed by atoms with Gasteiger partial charge in [-0.2, -0.15) is 0 Å². The van der Waals surface area contributed by atoms with Crippen molar-refractivity contribution in [2.75, 3.05) is 20.2 Å². The number of hydrogen-bond acceptors (Lipinski definition) is 3. The van der Waals surface area contributed by atoms with Crippen molar-refractivity contribution in [2.24, 2.45) is 0 Å². The summed E-state index contributed by atoms with van der Waals surface area (Å²) in [5, 5.41) is 3.32. The molecule has 16 heavy (non-hydrogen) atoms. The molecule has 0 saturated carbocycles. The molecular formula is C12H16ClNO2. The molecule has 0 bridgehead atoms. The van der Waals surface area contributed by atoms with Crippen molar-refractivity contribution in [3.63, 3.8) is 0 Å². The molecule has 0 unspecified atom stereocenters. The van der Waals surface area contributed by atoms with E-state index >= 15 is 0 Å². The van der Waals surface area contributed by atoms with Crippen LogP contribution in [0.5, 0.6) is 0 Å². The van der Waals surface area contributed by atoms with Gasteiger partial charge < -0.3 is 10.1 Å². The summed E-state index contributed by atoms with van der Waals surface area (Å²) in [6, 6.07) is 7.71. The molecule has 0 radical (unpaired) electrons. The van der Waals surface area contributed by atoms with E-state index in [1.807, 2.05) is 12.1 Å². The Bertz CT molecular complexity index is 362. The van der Waals surface area contributed by atoms with Crippen LogP contribution in [0.2, 0.25) is 0 Å². The first kappa shape index (κ1) is 13.0. The van der Waals surface area contributed by atoms with Gasteiger partial charge in [0.1, 0.15) is 0 Å². The van der Waals surface area contributed by atoms with E-state index in [2.05, 4.69) is 11.4 Å². The van der Waals surface area contributed by atoms with Crippen LogP contribution < -0.4 is 5.32 Å². The van der Waals surface area contributed by atoms with Crippen molar-refractivity contribution >= 4 is 18.4 Å². The third-order valence-corrected chi connectivity index (χ3v) is 2.84. The van der Waals surface area contributed by atoms with Gasteiger partial charge in [-0.3, -0.25) is 0 Å². The van der Waals surface area contributed by atoms with Crippen LogP contribution in [0, 0.1) is 0 Å². The van der Waals surface area contributed by atoms with Gasteiger partial charge in [-0.05, 0) is 36.6 Å². The van der Waals surface area contributed by atoms with Gasteiger partial charge >= 0.3 is 5.97 Å². The number of carbonyl (C=O) groups is 1. The number of esters is 1. The minimum absolute atomic E-state index is 0. The standard InChI is InChI=1S/C12H15NO2.ClH/c1-15-12(14)10-4-2-3-9(7-10)11-5-6-13-8-11;/h2-4,7,11,13H,5-6,8H2,1H3;1H/t11-;/m0./s1. The molecule has 1 saturated heterocycles. The highest BCUT2D eigenvalue weighted by molar-refractivity contribution is 5.89. The van der Waals surface area contributed by atoms with Crippen LogP contribution in [-0.4, -0.2) is 26.2 Å². The summed E-state index contributed by atoms with van der Waals surface area (Å²) in [5.74, 6) is 0.275. The van der Waals surface area contributed by atoms with E-state index in [4.69, 9.17) is 4.74 Å². The quantitative estimate of drug-likeness (QED) is 0.805. The number of benzene rings is 1. The van der Waals surface area contributed by atoms with Crippen molar-refractivity contribution in [2.45, 2.75) is 12.3 Å². The van der Waals surface area contributed by atoms with Gasteiger partial charge in [-0.15, -0.1) is 12.4 Å². The Morgan fingerprint density at radius 2 is 2.31 bits per heavy atom. The molecule has 2 rings (SSSR count). The summed E-state index contributed by atoms with van der Waals surface area (Å²) in [6.45, 7) is 2.07. The van der Waals surface area contributed by atoms with Gasteiger partial charge in [0, 0.05) is 6.54 Å². The van der Waals surface area contributed by atoms with E-state index in [1.54, 1.807) is 6.07 Å². The molecule has 0 aromatic heterocycles. The average Bonchev–Trinajstić information content (AvgIpc) is 2.82. The third kappa shape index (κ3) is 2.74. The molecule has 3 nitrogen and oxygen atoms in total. The zero-order valence-electron chi connectivity index (χ0n) is 9.23. The maximum absolute atomic E-state index is 11.3. The van der Waals surface area contributed by atoms with E-state index in [0.717, 1.165) is 19.5 Å². The smallest absolute Gasteiger partial charge is 0.337 e. The number of ether oxygens (including phenoxy) is 1. The zero-order valence-corrected chi connectivity index (χ0v) is 10.0. The Morgan fingerprint density at radius 3 is 2.94 bits per heavy atom. The van der Waals surface area contributed by atoms with Crippen molar-refractivity contribution in [3.8, 4) is 0 Å². The Labute approximate surface area is 102 Å². The summed E-state index contributed by atoms with van der Waals surface area (Å²) in [7, 11) is 1.41. The van der Waals surface area contributed by atoms with Gasteiger partial charge in [-0.25, -0.2) is 4.79 Å². The van der Waals surface area contributed by atoms with E-state index in [9.17, 15) is 4.79 Å². The fraction of sp³-hybridized carbons (Fsp3) is 0.417. The van der Waals surface area contributed by atoms with E-state index < -0.39 is 0 Å². The van der Waals surface area contributed by atoms with Gasteiger partial charge in [0.15, 0.2) is 0 Å². The van der Waals surface area contributed by atoms with Gasteiger partial charge in [-0.1, -0.05) is 12.1 Å². The lowest BCUT2D eigenvalue weighted by atomic mass is 9.97.